The maximum atomic E-state index is 11.3. The minimum atomic E-state index is -1.53. The molecule has 1 unspecified atom stereocenters. The fraction of sp³-hybridized carbons (Fsp3) is 0.900. The van der Waals surface area contributed by atoms with E-state index < -0.39 is 24.7 Å². The Morgan fingerprint density at radius 2 is 1.26 bits per heavy atom. The molecule has 6 nitrogen and oxygen atoms in total. The van der Waals surface area contributed by atoms with Crippen molar-refractivity contribution in [2.45, 2.75) is 103 Å². The maximum absolute atomic E-state index is 11.3. The minimum Gasteiger partial charge on any atom is -0.548 e. The molecule has 0 heterocycles. The number of aliphatic hydroxyl groups excluding tert-OH is 1. The maximum Gasteiger partial charge on any atom is 1.00 e. The molecular weight excluding hydrogens is 373 g/mol. The average molecular weight is 412 g/mol. The monoisotopic (exact) mass is 411 g/mol. The summed E-state index contributed by atoms with van der Waals surface area (Å²) in [6, 6.07) is -1.42. The molecule has 0 aliphatic rings. The predicted octanol–water partition coefficient (Wildman–Crippen LogP) is 0.309. The molecule has 0 aromatic heterocycles. The van der Waals surface area contributed by atoms with E-state index in [1.54, 1.807) is 0 Å². The molecule has 0 fully saturated rings. The van der Waals surface area contributed by atoms with Gasteiger partial charge in [0, 0.05) is 0 Å². The molecule has 0 radical (unpaired) electrons. The van der Waals surface area contributed by atoms with Crippen molar-refractivity contribution in [1.29, 1.82) is 0 Å². The second-order valence-electron chi connectivity index (χ2n) is 6.93. The summed E-state index contributed by atoms with van der Waals surface area (Å²) in [5.41, 5.74) is 0. The summed E-state index contributed by atoms with van der Waals surface area (Å²) in [4.78, 5) is 21.9. The Morgan fingerprint density at radius 3 is 1.63 bits per heavy atom. The summed E-state index contributed by atoms with van der Waals surface area (Å²) >= 11 is 0. The van der Waals surface area contributed by atoms with Crippen LogP contribution in [0.1, 0.15) is 96.8 Å². The summed E-state index contributed by atoms with van der Waals surface area (Å²) in [7, 11) is 0. The van der Waals surface area contributed by atoms with Gasteiger partial charge in [-0.05, 0) is 6.42 Å². The molecule has 0 spiro atoms. The molecule has 0 saturated heterocycles. The molecule has 0 aromatic carbocycles. The summed E-state index contributed by atoms with van der Waals surface area (Å²) in [5, 5.41) is 21.3. The first kappa shape index (κ1) is 29.5. The normalized spacial score (nSPS) is 11.5. The number of nitrogens with one attached hydrogen (secondary N) is 1. The third kappa shape index (κ3) is 20.9. The minimum absolute atomic E-state index is 0. The van der Waals surface area contributed by atoms with E-state index >= 15 is 0 Å². The molecule has 154 valence electrons. The Kier molecular flexibility index (Phi) is 24.7. The quantitative estimate of drug-likeness (QED) is 0.250. The van der Waals surface area contributed by atoms with Crippen molar-refractivity contribution in [3.63, 3.8) is 0 Å². The number of amides is 1. The third-order valence-electron chi connectivity index (χ3n) is 4.49. The zero-order valence-corrected chi connectivity index (χ0v) is 20.6. The van der Waals surface area contributed by atoms with Gasteiger partial charge in [0.25, 0.3) is 0 Å². The fourth-order valence-electron chi connectivity index (χ4n) is 2.82. The largest absolute Gasteiger partial charge is 1.00 e. The molecule has 0 bridgehead atoms. The first-order valence-electron chi connectivity index (χ1n) is 10.4. The number of aliphatic carboxylic acids is 1. The number of carboxylic acids is 1. The average Bonchev–Trinajstić information content (AvgIpc) is 2.62. The molecule has 7 heteroatoms. The number of unbranched alkanes of at least 4 members (excludes halogenated alkanes) is 13. The van der Waals surface area contributed by atoms with E-state index in [0.717, 1.165) is 19.3 Å². The summed E-state index contributed by atoms with van der Waals surface area (Å²) in [5.74, 6) is -1.53. The molecule has 0 aliphatic heterocycles. The van der Waals surface area contributed by atoms with Gasteiger partial charge in [-0.3, -0.25) is 0 Å². The Hall–Kier alpha value is 0.336. The van der Waals surface area contributed by atoms with E-state index in [2.05, 4.69) is 6.92 Å². The number of aliphatic hydroxyl groups is 1. The SMILES string of the molecule is CCCCCCCCCCCCCCCCOC(=O)NC(CO)C(=O)[O-].[K+]. The number of rotatable bonds is 18. The molecular formula is C20H38KNO5. The van der Waals surface area contributed by atoms with E-state index in [1.807, 2.05) is 5.32 Å². The zero-order valence-electron chi connectivity index (χ0n) is 17.5. The topological polar surface area (TPSA) is 98.7 Å². The molecule has 2 N–H and O–H groups in total. The summed E-state index contributed by atoms with van der Waals surface area (Å²) in [6.45, 7) is 1.79. The second-order valence-corrected chi connectivity index (χ2v) is 6.93. The van der Waals surface area contributed by atoms with Crippen LogP contribution in [-0.2, 0) is 9.53 Å². The Balaban J connectivity index is 0. The van der Waals surface area contributed by atoms with Gasteiger partial charge >= 0.3 is 57.5 Å². The smallest absolute Gasteiger partial charge is 0.548 e. The van der Waals surface area contributed by atoms with Crippen molar-refractivity contribution < 1.29 is 75.9 Å². The van der Waals surface area contributed by atoms with Crippen LogP contribution < -0.4 is 61.8 Å². The van der Waals surface area contributed by atoms with E-state index in [1.165, 1.54) is 70.6 Å². The van der Waals surface area contributed by atoms with Crippen LogP contribution in [0.2, 0.25) is 0 Å². The number of carbonyl (C=O) groups excluding carboxylic acids is 2. The van der Waals surface area contributed by atoms with Crippen LogP contribution in [0.15, 0.2) is 0 Å². The number of alkyl carbamates (subject to hydrolysis) is 1. The van der Waals surface area contributed by atoms with E-state index in [-0.39, 0.29) is 58.0 Å². The van der Waals surface area contributed by atoms with Crippen molar-refractivity contribution in [1.82, 2.24) is 5.32 Å². The molecule has 1 atom stereocenters. The van der Waals surface area contributed by atoms with Crippen LogP contribution in [0, 0.1) is 0 Å². The number of carboxylic acid groups (broad SMARTS) is 1. The second kappa shape index (κ2) is 22.6. The van der Waals surface area contributed by atoms with Crippen LogP contribution >= 0.6 is 0 Å². The number of carbonyl (C=O) groups is 2. The number of hydrogen-bond donors (Lipinski definition) is 2. The fourth-order valence-corrected chi connectivity index (χ4v) is 2.82. The van der Waals surface area contributed by atoms with Gasteiger partial charge in [0.1, 0.15) is 0 Å². The van der Waals surface area contributed by atoms with E-state index in [0.29, 0.717) is 0 Å². The summed E-state index contributed by atoms with van der Waals surface area (Å²) in [6.07, 6.45) is 16.7. The van der Waals surface area contributed by atoms with Gasteiger partial charge in [0.05, 0.1) is 25.2 Å². The number of ether oxygens (including phenoxy) is 1. The van der Waals surface area contributed by atoms with Gasteiger partial charge in [-0.1, -0.05) is 90.4 Å². The van der Waals surface area contributed by atoms with E-state index in [9.17, 15) is 14.7 Å². The number of hydrogen-bond acceptors (Lipinski definition) is 5. The Morgan fingerprint density at radius 1 is 0.852 bits per heavy atom. The zero-order chi connectivity index (χ0) is 19.5. The van der Waals surface area contributed by atoms with Crippen molar-refractivity contribution in [2.75, 3.05) is 13.2 Å². The first-order valence-corrected chi connectivity index (χ1v) is 10.4. The third-order valence-corrected chi connectivity index (χ3v) is 4.49. The van der Waals surface area contributed by atoms with Gasteiger partial charge in [0.15, 0.2) is 0 Å². The van der Waals surface area contributed by atoms with Gasteiger partial charge in [0.2, 0.25) is 0 Å². The first-order chi connectivity index (χ1) is 12.6. The standard InChI is InChI=1S/C20H39NO5.K/c1-2-3-4-5-6-7-8-9-10-11-12-13-14-15-16-26-20(25)21-18(17-22)19(23)24;/h18,22H,2-17H2,1H3,(H,21,25)(H,23,24);/q;+1/p-1. The van der Waals surface area contributed by atoms with Crippen molar-refractivity contribution >= 4 is 12.1 Å². The Labute approximate surface area is 207 Å². The van der Waals surface area contributed by atoms with Gasteiger partial charge in [-0.2, -0.15) is 0 Å². The van der Waals surface area contributed by atoms with Gasteiger partial charge in [-0.25, -0.2) is 4.79 Å². The van der Waals surface area contributed by atoms with Crippen molar-refractivity contribution in [3.05, 3.63) is 0 Å². The van der Waals surface area contributed by atoms with Gasteiger partial charge < -0.3 is 25.1 Å². The molecule has 0 aromatic rings. The molecule has 0 rings (SSSR count). The van der Waals surface area contributed by atoms with E-state index in [4.69, 9.17) is 9.84 Å². The van der Waals surface area contributed by atoms with Crippen molar-refractivity contribution in [3.8, 4) is 0 Å². The molecule has 0 aliphatic carbocycles. The van der Waals surface area contributed by atoms with Gasteiger partial charge in [-0.15, -0.1) is 0 Å². The predicted molar refractivity (Wildman–Crippen MR) is 101 cm³/mol. The van der Waals surface area contributed by atoms with Crippen LogP contribution in [0.3, 0.4) is 0 Å². The van der Waals surface area contributed by atoms with Crippen LogP contribution in [0.4, 0.5) is 4.79 Å². The van der Waals surface area contributed by atoms with Crippen LogP contribution in [0.25, 0.3) is 0 Å². The molecule has 0 saturated carbocycles. The van der Waals surface area contributed by atoms with Crippen LogP contribution in [-0.4, -0.2) is 36.4 Å². The van der Waals surface area contributed by atoms with Crippen LogP contribution in [0.5, 0.6) is 0 Å². The van der Waals surface area contributed by atoms with Crippen molar-refractivity contribution in [2.24, 2.45) is 0 Å². The molecule has 27 heavy (non-hydrogen) atoms. The Bertz CT molecular complexity index is 355. The summed E-state index contributed by atoms with van der Waals surface area (Å²) < 4.78 is 4.88. The molecule has 1 amide bonds.